The maximum absolute atomic E-state index is 2.89. The number of nitrogens with zero attached hydrogens (tertiary/aromatic N) is 3. The van der Waals surface area contributed by atoms with Crippen LogP contribution in [0.25, 0.3) is 0 Å². The maximum Gasteiger partial charge on any atom is 0.0475 e. The summed E-state index contributed by atoms with van der Waals surface area (Å²) in [5.74, 6) is 3.36. The van der Waals surface area contributed by atoms with Gasteiger partial charge in [-0.05, 0) is 74.6 Å². The lowest BCUT2D eigenvalue weighted by atomic mass is 9.73. The standard InChI is InChI=1S/C31H43N3/c1-24(2)25-13-15-28(16-14-25)32-19-17-31(18-20-32)30-23-33(27-9-5-3-6-10-27)21-26(30)22-34(31)29-11-7-4-8-12-29/h3-12,24-26,28,30H,13-23H2,1-2H3/t25?,26-,28?,30-/m1/s1. The van der Waals surface area contributed by atoms with Gasteiger partial charge in [0.15, 0.2) is 0 Å². The van der Waals surface area contributed by atoms with Gasteiger partial charge in [-0.15, -0.1) is 0 Å². The molecule has 182 valence electrons. The first-order valence-corrected chi connectivity index (χ1v) is 14.0. The van der Waals surface area contributed by atoms with Gasteiger partial charge in [-0.2, -0.15) is 0 Å². The molecule has 2 atom stereocenters. The largest absolute Gasteiger partial charge is 0.371 e. The third-order valence-electron chi connectivity index (χ3n) is 10.1. The first kappa shape index (κ1) is 22.5. The highest BCUT2D eigenvalue weighted by atomic mass is 15.3. The Labute approximate surface area is 207 Å². The van der Waals surface area contributed by atoms with Gasteiger partial charge in [0.25, 0.3) is 0 Å². The first-order chi connectivity index (χ1) is 16.6. The molecular formula is C31H43N3. The predicted molar refractivity (Wildman–Crippen MR) is 144 cm³/mol. The second-order valence-electron chi connectivity index (χ2n) is 12.0. The molecule has 4 aliphatic rings. The molecule has 2 aromatic carbocycles. The van der Waals surface area contributed by atoms with Gasteiger partial charge >= 0.3 is 0 Å². The third kappa shape index (κ3) is 3.94. The molecule has 0 N–H and O–H groups in total. The lowest BCUT2D eigenvalue weighted by molar-refractivity contribution is 0.0658. The number of likely N-dealkylation sites (tertiary alicyclic amines) is 1. The van der Waals surface area contributed by atoms with Crippen LogP contribution in [0.2, 0.25) is 0 Å². The molecule has 3 heterocycles. The lowest BCUT2D eigenvalue weighted by Gasteiger charge is -2.51. The number of hydrogen-bond acceptors (Lipinski definition) is 3. The predicted octanol–water partition coefficient (Wildman–Crippen LogP) is 6.31. The number of rotatable bonds is 4. The number of fused-ring (bicyclic) bond motifs is 2. The number of piperidine rings is 1. The molecule has 2 aromatic rings. The molecule has 0 amide bonds. The lowest BCUT2D eigenvalue weighted by Crippen LogP contribution is -2.58. The van der Waals surface area contributed by atoms with Gasteiger partial charge in [0.1, 0.15) is 0 Å². The topological polar surface area (TPSA) is 9.72 Å². The van der Waals surface area contributed by atoms with Crippen LogP contribution >= 0.6 is 0 Å². The highest BCUT2D eigenvalue weighted by molar-refractivity contribution is 5.55. The van der Waals surface area contributed by atoms with Crippen LogP contribution in [0.15, 0.2) is 60.7 Å². The van der Waals surface area contributed by atoms with E-state index in [4.69, 9.17) is 0 Å². The Kier molecular flexibility index (Phi) is 6.09. The molecule has 0 unspecified atom stereocenters. The van der Waals surface area contributed by atoms with E-state index in [1.807, 2.05) is 0 Å². The normalized spacial score (nSPS) is 31.4. The van der Waals surface area contributed by atoms with Crippen molar-refractivity contribution < 1.29 is 0 Å². The summed E-state index contributed by atoms with van der Waals surface area (Å²) < 4.78 is 0. The van der Waals surface area contributed by atoms with Crippen molar-refractivity contribution in [2.24, 2.45) is 23.7 Å². The van der Waals surface area contributed by atoms with E-state index in [0.29, 0.717) is 5.54 Å². The highest BCUT2D eigenvalue weighted by Crippen LogP contribution is 2.51. The number of benzene rings is 2. The average molecular weight is 458 g/mol. The Bertz CT molecular complexity index is 926. The van der Waals surface area contributed by atoms with Gasteiger partial charge in [-0.3, -0.25) is 0 Å². The van der Waals surface area contributed by atoms with Gasteiger partial charge in [0, 0.05) is 67.5 Å². The molecule has 1 saturated carbocycles. The van der Waals surface area contributed by atoms with Crippen molar-refractivity contribution in [3.05, 3.63) is 60.7 Å². The van der Waals surface area contributed by atoms with Gasteiger partial charge in [-0.1, -0.05) is 50.2 Å². The van der Waals surface area contributed by atoms with E-state index >= 15 is 0 Å². The minimum atomic E-state index is 0.321. The van der Waals surface area contributed by atoms with E-state index in [-0.39, 0.29) is 0 Å². The Hall–Kier alpha value is -2.00. The van der Waals surface area contributed by atoms with E-state index in [2.05, 4.69) is 89.2 Å². The Morgan fingerprint density at radius 1 is 0.735 bits per heavy atom. The quantitative estimate of drug-likeness (QED) is 0.533. The second-order valence-corrected chi connectivity index (χ2v) is 12.0. The molecule has 3 heteroatoms. The van der Waals surface area contributed by atoms with Gasteiger partial charge < -0.3 is 14.7 Å². The zero-order valence-electron chi connectivity index (χ0n) is 21.3. The Morgan fingerprint density at radius 3 is 1.97 bits per heavy atom. The van der Waals surface area contributed by atoms with E-state index in [1.165, 1.54) is 82.6 Å². The van der Waals surface area contributed by atoms with Crippen LogP contribution < -0.4 is 9.80 Å². The highest BCUT2D eigenvalue weighted by Gasteiger charge is 2.57. The molecule has 4 fully saturated rings. The van der Waals surface area contributed by atoms with Crippen molar-refractivity contribution in [1.29, 1.82) is 0 Å². The van der Waals surface area contributed by atoms with Crippen molar-refractivity contribution in [2.75, 3.05) is 42.5 Å². The van der Waals surface area contributed by atoms with Crippen molar-refractivity contribution in [1.82, 2.24) is 4.90 Å². The molecule has 34 heavy (non-hydrogen) atoms. The minimum absolute atomic E-state index is 0.321. The zero-order chi connectivity index (χ0) is 23.1. The Balaban J connectivity index is 1.20. The van der Waals surface area contributed by atoms with Crippen molar-refractivity contribution in [3.8, 4) is 0 Å². The van der Waals surface area contributed by atoms with Crippen molar-refractivity contribution in [3.63, 3.8) is 0 Å². The summed E-state index contributed by atoms with van der Waals surface area (Å²) in [7, 11) is 0. The van der Waals surface area contributed by atoms with Gasteiger partial charge in [0.2, 0.25) is 0 Å². The van der Waals surface area contributed by atoms with E-state index in [1.54, 1.807) is 0 Å². The van der Waals surface area contributed by atoms with Gasteiger partial charge in [0.05, 0.1) is 0 Å². The summed E-state index contributed by atoms with van der Waals surface area (Å²) in [5, 5.41) is 0. The smallest absolute Gasteiger partial charge is 0.0475 e. The molecule has 1 spiro atoms. The molecule has 0 aromatic heterocycles. The summed E-state index contributed by atoms with van der Waals surface area (Å²) in [6, 6.07) is 23.3. The molecule has 3 saturated heterocycles. The summed E-state index contributed by atoms with van der Waals surface area (Å²) in [5.41, 5.74) is 3.19. The number of hydrogen-bond donors (Lipinski definition) is 0. The van der Waals surface area contributed by atoms with Crippen LogP contribution in [0.4, 0.5) is 11.4 Å². The van der Waals surface area contributed by atoms with Crippen molar-refractivity contribution in [2.45, 2.75) is 64.0 Å². The fourth-order valence-electron chi connectivity index (χ4n) is 8.15. The fourth-order valence-corrected chi connectivity index (χ4v) is 8.15. The second kappa shape index (κ2) is 9.22. The minimum Gasteiger partial charge on any atom is -0.371 e. The van der Waals surface area contributed by atoms with E-state index < -0.39 is 0 Å². The number of anilines is 2. The summed E-state index contributed by atoms with van der Waals surface area (Å²) in [6.07, 6.45) is 8.39. The third-order valence-corrected chi connectivity index (χ3v) is 10.1. The molecule has 3 aliphatic heterocycles. The summed E-state index contributed by atoms with van der Waals surface area (Å²) in [4.78, 5) is 8.43. The monoisotopic (exact) mass is 457 g/mol. The van der Waals surface area contributed by atoms with Crippen molar-refractivity contribution >= 4 is 11.4 Å². The van der Waals surface area contributed by atoms with Crippen LogP contribution in [0, 0.1) is 23.7 Å². The first-order valence-electron chi connectivity index (χ1n) is 14.0. The van der Waals surface area contributed by atoms with Gasteiger partial charge in [-0.25, -0.2) is 0 Å². The summed E-state index contributed by atoms with van der Waals surface area (Å²) in [6.45, 7) is 11.1. The average Bonchev–Trinajstić information content (AvgIpc) is 3.44. The van der Waals surface area contributed by atoms with E-state index in [0.717, 1.165) is 29.7 Å². The molecule has 0 bridgehead atoms. The van der Waals surface area contributed by atoms with Crippen LogP contribution in [-0.4, -0.2) is 49.2 Å². The molecule has 0 radical (unpaired) electrons. The van der Waals surface area contributed by atoms with E-state index in [9.17, 15) is 0 Å². The maximum atomic E-state index is 2.89. The van der Waals surface area contributed by atoms with Crippen LogP contribution in [0.3, 0.4) is 0 Å². The fraction of sp³-hybridized carbons (Fsp3) is 0.613. The van der Waals surface area contributed by atoms with Crippen LogP contribution in [0.1, 0.15) is 52.4 Å². The number of para-hydroxylation sites is 2. The Morgan fingerprint density at radius 2 is 1.35 bits per heavy atom. The molecular weight excluding hydrogens is 414 g/mol. The SMILES string of the molecule is CC(C)C1CCC(N2CCC3(CC2)[C@@H]2CN(c4ccccc4)C[C@@H]2CN3c2ccccc2)CC1. The zero-order valence-corrected chi connectivity index (χ0v) is 21.3. The molecule has 6 rings (SSSR count). The van der Waals surface area contributed by atoms with Crippen LogP contribution in [-0.2, 0) is 0 Å². The molecule has 3 nitrogen and oxygen atoms in total. The summed E-state index contributed by atoms with van der Waals surface area (Å²) >= 11 is 0. The molecule has 1 aliphatic carbocycles. The van der Waals surface area contributed by atoms with Crippen LogP contribution in [0.5, 0.6) is 0 Å².